The van der Waals surface area contributed by atoms with Gasteiger partial charge in [0.15, 0.2) is 0 Å². The van der Waals surface area contributed by atoms with Crippen molar-refractivity contribution in [2.24, 2.45) is 0 Å². The van der Waals surface area contributed by atoms with Gasteiger partial charge < -0.3 is 14.8 Å². The minimum absolute atomic E-state index is 0.0311. The van der Waals surface area contributed by atoms with Crippen molar-refractivity contribution in [2.75, 3.05) is 20.3 Å². The van der Waals surface area contributed by atoms with Gasteiger partial charge in [-0.15, -0.1) is 0 Å². The maximum atomic E-state index is 8.93. The molecule has 1 saturated heterocycles. The number of nitrogens with one attached hydrogen (secondary N) is 1. The number of benzene rings is 1. The zero-order valence-electron chi connectivity index (χ0n) is 11.5. The van der Waals surface area contributed by atoms with E-state index >= 15 is 0 Å². The van der Waals surface area contributed by atoms with Crippen LogP contribution in [-0.2, 0) is 11.3 Å². The van der Waals surface area contributed by atoms with Crippen LogP contribution in [0.5, 0.6) is 5.75 Å². The Kier molecular flexibility index (Phi) is 4.41. The van der Waals surface area contributed by atoms with E-state index in [1.165, 1.54) is 0 Å². The van der Waals surface area contributed by atoms with Crippen molar-refractivity contribution in [3.8, 4) is 11.8 Å². The molecular weight excluding hydrogens is 240 g/mol. The topological polar surface area (TPSA) is 54.3 Å². The Morgan fingerprint density at radius 3 is 3.00 bits per heavy atom. The summed E-state index contributed by atoms with van der Waals surface area (Å²) in [5.41, 5.74) is 1.64. The molecule has 0 saturated carbocycles. The highest BCUT2D eigenvalue weighted by Crippen LogP contribution is 2.24. The molecular formula is C15H20N2O2. The SMILES string of the molecule is COc1cc(CNCC2(C)CCCO2)ccc1C#N. The number of nitrogens with zero attached hydrogens (tertiary/aromatic N) is 1. The van der Waals surface area contributed by atoms with E-state index in [2.05, 4.69) is 18.3 Å². The lowest BCUT2D eigenvalue weighted by atomic mass is 10.0. The van der Waals surface area contributed by atoms with Crippen LogP contribution in [0.3, 0.4) is 0 Å². The maximum Gasteiger partial charge on any atom is 0.136 e. The molecule has 0 radical (unpaired) electrons. The molecule has 1 unspecified atom stereocenters. The second-order valence-corrected chi connectivity index (χ2v) is 5.15. The molecule has 4 nitrogen and oxygen atoms in total. The highest BCUT2D eigenvalue weighted by Gasteiger charge is 2.28. The van der Waals surface area contributed by atoms with Gasteiger partial charge in [0.2, 0.25) is 0 Å². The molecule has 0 spiro atoms. The summed E-state index contributed by atoms with van der Waals surface area (Å²) >= 11 is 0. The first-order chi connectivity index (χ1) is 9.17. The fraction of sp³-hybridized carbons (Fsp3) is 0.533. The number of nitriles is 1. The molecule has 4 heteroatoms. The van der Waals surface area contributed by atoms with Crippen LogP contribution in [0.2, 0.25) is 0 Å². The van der Waals surface area contributed by atoms with Crippen molar-refractivity contribution in [2.45, 2.75) is 31.9 Å². The van der Waals surface area contributed by atoms with E-state index in [1.54, 1.807) is 13.2 Å². The summed E-state index contributed by atoms with van der Waals surface area (Å²) in [4.78, 5) is 0. The molecule has 0 aromatic heterocycles. The summed E-state index contributed by atoms with van der Waals surface area (Å²) in [7, 11) is 1.58. The number of hydrogen-bond donors (Lipinski definition) is 1. The quantitative estimate of drug-likeness (QED) is 0.882. The van der Waals surface area contributed by atoms with E-state index < -0.39 is 0 Å². The summed E-state index contributed by atoms with van der Waals surface area (Å²) in [6.07, 6.45) is 2.25. The molecule has 1 aromatic rings. The molecule has 1 aromatic carbocycles. The van der Waals surface area contributed by atoms with Crippen LogP contribution in [0.15, 0.2) is 18.2 Å². The zero-order chi connectivity index (χ0) is 13.7. The summed E-state index contributed by atoms with van der Waals surface area (Å²) < 4.78 is 10.9. The molecule has 19 heavy (non-hydrogen) atoms. The van der Waals surface area contributed by atoms with Crippen LogP contribution in [0.1, 0.15) is 30.9 Å². The Morgan fingerprint density at radius 1 is 1.53 bits per heavy atom. The zero-order valence-corrected chi connectivity index (χ0v) is 11.5. The predicted molar refractivity (Wildman–Crippen MR) is 73.0 cm³/mol. The van der Waals surface area contributed by atoms with E-state index in [4.69, 9.17) is 14.7 Å². The summed E-state index contributed by atoms with van der Waals surface area (Å²) in [5, 5.41) is 12.3. The Balaban J connectivity index is 1.91. The van der Waals surface area contributed by atoms with Gasteiger partial charge in [0.25, 0.3) is 0 Å². The lowest BCUT2D eigenvalue weighted by molar-refractivity contribution is 0.0207. The third-order valence-corrected chi connectivity index (χ3v) is 3.51. The molecule has 0 amide bonds. The van der Waals surface area contributed by atoms with Crippen LogP contribution < -0.4 is 10.1 Å². The van der Waals surface area contributed by atoms with Crippen LogP contribution >= 0.6 is 0 Å². The van der Waals surface area contributed by atoms with Gasteiger partial charge in [0, 0.05) is 19.7 Å². The Hall–Kier alpha value is -1.57. The number of ether oxygens (including phenoxy) is 2. The molecule has 102 valence electrons. The van der Waals surface area contributed by atoms with E-state index in [0.717, 1.165) is 38.1 Å². The molecule has 1 fully saturated rings. The standard InChI is InChI=1S/C15H20N2O2/c1-15(6-3-7-19-15)11-17-10-12-4-5-13(9-16)14(8-12)18-2/h4-5,8,17H,3,6-7,10-11H2,1-2H3. The summed E-state index contributed by atoms with van der Waals surface area (Å²) in [5.74, 6) is 0.630. The molecule has 1 heterocycles. The number of rotatable bonds is 5. The van der Waals surface area contributed by atoms with Gasteiger partial charge in [-0.2, -0.15) is 5.26 Å². The van der Waals surface area contributed by atoms with Crippen molar-refractivity contribution >= 4 is 0 Å². The fourth-order valence-electron chi connectivity index (χ4n) is 2.39. The van der Waals surface area contributed by atoms with Gasteiger partial charge in [0.1, 0.15) is 11.8 Å². The minimum atomic E-state index is -0.0311. The Labute approximate surface area is 114 Å². The number of methoxy groups -OCH3 is 1. The van der Waals surface area contributed by atoms with Crippen LogP contribution in [0.4, 0.5) is 0 Å². The highest BCUT2D eigenvalue weighted by molar-refractivity contribution is 5.45. The van der Waals surface area contributed by atoms with Crippen molar-refractivity contribution < 1.29 is 9.47 Å². The first-order valence-corrected chi connectivity index (χ1v) is 6.58. The van der Waals surface area contributed by atoms with Crippen molar-refractivity contribution in [1.29, 1.82) is 5.26 Å². The lowest BCUT2D eigenvalue weighted by Gasteiger charge is -2.23. The Morgan fingerprint density at radius 2 is 2.37 bits per heavy atom. The van der Waals surface area contributed by atoms with E-state index in [9.17, 15) is 0 Å². The third-order valence-electron chi connectivity index (χ3n) is 3.51. The van der Waals surface area contributed by atoms with E-state index in [0.29, 0.717) is 11.3 Å². The number of hydrogen-bond acceptors (Lipinski definition) is 4. The van der Waals surface area contributed by atoms with Crippen LogP contribution in [0.25, 0.3) is 0 Å². The first-order valence-electron chi connectivity index (χ1n) is 6.58. The molecule has 1 aliphatic heterocycles. The lowest BCUT2D eigenvalue weighted by Crippen LogP contribution is -2.36. The molecule has 0 aliphatic carbocycles. The molecule has 0 bridgehead atoms. The second-order valence-electron chi connectivity index (χ2n) is 5.15. The second kappa shape index (κ2) is 6.05. The average molecular weight is 260 g/mol. The Bertz CT molecular complexity index is 474. The van der Waals surface area contributed by atoms with Gasteiger partial charge in [-0.3, -0.25) is 0 Å². The smallest absolute Gasteiger partial charge is 0.136 e. The summed E-state index contributed by atoms with van der Waals surface area (Å²) in [6.45, 7) is 4.60. The van der Waals surface area contributed by atoms with Crippen molar-refractivity contribution in [3.63, 3.8) is 0 Å². The monoisotopic (exact) mass is 260 g/mol. The van der Waals surface area contributed by atoms with Gasteiger partial charge in [0.05, 0.1) is 18.3 Å². The highest BCUT2D eigenvalue weighted by atomic mass is 16.5. The van der Waals surface area contributed by atoms with Gasteiger partial charge in [-0.25, -0.2) is 0 Å². The van der Waals surface area contributed by atoms with Crippen LogP contribution in [-0.4, -0.2) is 25.9 Å². The molecule has 1 N–H and O–H groups in total. The van der Waals surface area contributed by atoms with Gasteiger partial charge in [-0.05, 0) is 37.5 Å². The van der Waals surface area contributed by atoms with Gasteiger partial charge in [-0.1, -0.05) is 6.07 Å². The molecule has 1 aliphatic rings. The molecule has 1 atom stereocenters. The predicted octanol–water partition coefficient (Wildman–Crippen LogP) is 2.23. The third kappa shape index (κ3) is 3.46. The minimum Gasteiger partial charge on any atom is -0.495 e. The fourth-order valence-corrected chi connectivity index (χ4v) is 2.39. The average Bonchev–Trinajstić information content (AvgIpc) is 2.85. The summed E-state index contributed by atoms with van der Waals surface area (Å²) in [6, 6.07) is 7.77. The van der Waals surface area contributed by atoms with Crippen molar-refractivity contribution in [3.05, 3.63) is 29.3 Å². The van der Waals surface area contributed by atoms with E-state index in [1.807, 2.05) is 12.1 Å². The molecule has 2 rings (SSSR count). The normalized spacial score (nSPS) is 22.2. The maximum absolute atomic E-state index is 8.93. The van der Waals surface area contributed by atoms with Gasteiger partial charge >= 0.3 is 0 Å². The van der Waals surface area contributed by atoms with Crippen LogP contribution in [0, 0.1) is 11.3 Å². The first kappa shape index (κ1) is 13.9. The van der Waals surface area contributed by atoms with E-state index in [-0.39, 0.29) is 5.60 Å². The van der Waals surface area contributed by atoms with Crippen molar-refractivity contribution in [1.82, 2.24) is 5.32 Å². The largest absolute Gasteiger partial charge is 0.495 e.